The van der Waals surface area contributed by atoms with E-state index in [1.807, 2.05) is 24.3 Å². The summed E-state index contributed by atoms with van der Waals surface area (Å²) in [5, 5.41) is 0.983. The van der Waals surface area contributed by atoms with Crippen molar-refractivity contribution in [1.82, 2.24) is 0 Å². The Bertz CT molecular complexity index is 635. The highest BCUT2D eigenvalue weighted by Crippen LogP contribution is 2.26. The molecule has 1 aromatic heterocycles. The number of fused-ring (bicyclic) bond motifs is 1. The van der Waals surface area contributed by atoms with Crippen LogP contribution >= 0.6 is 0 Å². The molecule has 3 rings (SSSR count). The fourth-order valence-corrected chi connectivity index (χ4v) is 2.75. The molecule has 0 unspecified atom stereocenters. The number of anilines is 1. The maximum absolute atomic E-state index is 11.7. The van der Waals surface area contributed by atoms with Crippen LogP contribution in [0.4, 0.5) is 5.69 Å². The minimum atomic E-state index is -0.300. The molecule has 0 aliphatic carbocycles. The largest absolute Gasteiger partial charge is 0.423 e. The first-order valence-corrected chi connectivity index (χ1v) is 6.77. The molecule has 0 bridgehead atoms. The van der Waals surface area contributed by atoms with E-state index in [0.717, 1.165) is 43.4 Å². The standard InChI is InChI=1S/C15H18N2O2/c16-11-5-3-4-8-17(10-11)13-9-15(18)19-14-7-2-1-6-12(13)14/h1-2,6-7,9,11H,3-5,8,10,16H2/t11-/m0/s1. The topological polar surface area (TPSA) is 59.5 Å². The molecule has 1 aliphatic rings. The van der Waals surface area contributed by atoms with E-state index in [2.05, 4.69) is 4.90 Å². The molecule has 1 atom stereocenters. The second-order valence-electron chi connectivity index (χ2n) is 5.15. The molecular formula is C15H18N2O2. The van der Waals surface area contributed by atoms with Crippen LogP contribution in [0.1, 0.15) is 19.3 Å². The van der Waals surface area contributed by atoms with Gasteiger partial charge in [-0.25, -0.2) is 4.79 Å². The third-order valence-corrected chi connectivity index (χ3v) is 3.68. The molecule has 4 heteroatoms. The number of hydrogen-bond acceptors (Lipinski definition) is 4. The fourth-order valence-electron chi connectivity index (χ4n) is 2.75. The van der Waals surface area contributed by atoms with Crippen LogP contribution in [0.25, 0.3) is 11.0 Å². The molecule has 0 amide bonds. The summed E-state index contributed by atoms with van der Waals surface area (Å²) < 4.78 is 5.24. The molecule has 2 heterocycles. The molecule has 0 spiro atoms. The summed E-state index contributed by atoms with van der Waals surface area (Å²) in [6, 6.07) is 9.42. The normalized spacial score (nSPS) is 20.5. The van der Waals surface area contributed by atoms with E-state index in [-0.39, 0.29) is 11.7 Å². The smallest absolute Gasteiger partial charge is 0.338 e. The molecule has 0 saturated carbocycles. The van der Waals surface area contributed by atoms with Crippen molar-refractivity contribution < 1.29 is 4.42 Å². The van der Waals surface area contributed by atoms with E-state index in [0.29, 0.717) is 5.58 Å². The van der Waals surface area contributed by atoms with Gasteiger partial charge >= 0.3 is 5.63 Å². The Labute approximate surface area is 111 Å². The fraction of sp³-hybridized carbons (Fsp3) is 0.400. The van der Waals surface area contributed by atoms with E-state index in [4.69, 9.17) is 10.2 Å². The van der Waals surface area contributed by atoms with Gasteiger partial charge in [-0.15, -0.1) is 0 Å². The second kappa shape index (κ2) is 5.05. The van der Waals surface area contributed by atoms with Crippen molar-refractivity contribution in [2.75, 3.05) is 18.0 Å². The summed E-state index contributed by atoms with van der Waals surface area (Å²) in [5.74, 6) is 0. The number of para-hydroxylation sites is 1. The Balaban J connectivity index is 2.10. The monoisotopic (exact) mass is 258 g/mol. The summed E-state index contributed by atoms with van der Waals surface area (Å²) in [7, 11) is 0. The lowest BCUT2D eigenvalue weighted by Gasteiger charge is -2.25. The minimum absolute atomic E-state index is 0.175. The van der Waals surface area contributed by atoms with Crippen molar-refractivity contribution in [3.63, 3.8) is 0 Å². The van der Waals surface area contributed by atoms with Crippen LogP contribution < -0.4 is 16.3 Å². The van der Waals surface area contributed by atoms with Crippen molar-refractivity contribution >= 4 is 16.7 Å². The lowest BCUT2D eigenvalue weighted by atomic mass is 10.1. The molecule has 2 N–H and O–H groups in total. The highest BCUT2D eigenvalue weighted by Gasteiger charge is 2.18. The lowest BCUT2D eigenvalue weighted by molar-refractivity contribution is 0.559. The van der Waals surface area contributed by atoms with Gasteiger partial charge in [0, 0.05) is 30.6 Å². The van der Waals surface area contributed by atoms with Crippen LogP contribution in [0, 0.1) is 0 Å². The molecule has 1 aliphatic heterocycles. The van der Waals surface area contributed by atoms with Crippen molar-refractivity contribution in [3.05, 3.63) is 40.8 Å². The Kier molecular flexibility index (Phi) is 3.25. The van der Waals surface area contributed by atoms with Crippen molar-refractivity contribution in [2.24, 2.45) is 5.73 Å². The zero-order chi connectivity index (χ0) is 13.2. The summed E-state index contributed by atoms with van der Waals surface area (Å²) in [5.41, 5.74) is 7.39. The van der Waals surface area contributed by atoms with Crippen LogP contribution in [0.2, 0.25) is 0 Å². The Hall–Kier alpha value is -1.81. The molecule has 1 fully saturated rings. The first-order valence-electron chi connectivity index (χ1n) is 6.77. The SMILES string of the molecule is N[C@H]1CCCCN(c2cc(=O)oc3ccccc23)C1. The van der Waals surface area contributed by atoms with Gasteiger partial charge in [-0.3, -0.25) is 0 Å². The van der Waals surface area contributed by atoms with Gasteiger partial charge in [0.05, 0.1) is 5.69 Å². The van der Waals surface area contributed by atoms with Crippen LogP contribution in [-0.2, 0) is 0 Å². The summed E-state index contributed by atoms with van der Waals surface area (Å²) in [6.07, 6.45) is 3.31. The van der Waals surface area contributed by atoms with Crippen molar-refractivity contribution in [1.29, 1.82) is 0 Å². The van der Waals surface area contributed by atoms with Gasteiger partial charge in [0.15, 0.2) is 0 Å². The predicted octanol–water partition coefficient (Wildman–Crippen LogP) is 2.11. The van der Waals surface area contributed by atoms with E-state index >= 15 is 0 Å². The molecule has 0 radical (unpaired) electrons. The highest BCUT2D eigenvalue weighted by molar-refractivity contribution is 5.90. The number of rotatable bonds is 1. The number of benzene rings is 1. The third kappa shape index (κ3) is 2.49. The van der Waals surface area contributed by atoms with Gasteiger partial charge < -0.3 is 15.1 Å². The molecular weight excluding hydrogens is 240 g/mol. The average molecular weight is 258 g/mol. The quantitative estimate of drug-likeness (QED) is 0.796. The van der Waals surface area contributed by atoms with E-state index in [1.165, 1.54) is 0 Å². The molecule has 4 nitrogen and oxygen atoms in total. The van der Waals surface area contributed by atoms with Gasteiger partial charge in [-0.05, 0) is 25.0 Å². The first kappa shape index (κ1) is 12.2. The maximum Gasteiger partial charge on any atom is 0.338 e. The zero-order valence-electron chi connectivity index (χ0n) is 10.8. The van der Waals surface area contributed by atoms with E-state index in [9.17, 15) is 4.79 Å². The Morgan fingerprint density at radius 3 is 3.00 bits per heavy atom. The van der Waals surface area contributed by atoms with Crippen LogP contribution in [0.3, 0.4) is 0 Å². The van der Waals surface area contributed by atoms with Crippen molar-refractivity contribution in [3.8, 4) is 0 Å². The highest BCUT2D eigenvalue weighted by atomic mass is 16.4. The van der Waals surface area contributed by atoms with Crippen LogP contribution in [0.15, 0.2) is 39.5 Å². The zero-order valence-corrected chi connectivity index (χ0v) is 10.8. The number of nitrogens with two attached hydrogens (primary N) is 1. The van der Waals surface area contributed by atoms with Gasteiger partial charge in [0.1, 0.15) is 5.58 Å². The average Bonchev–Trinajstić information content (AvgIpc) is 2.62. The Morgan fingerprint density at radius 1 is 1.26 bits per heavy atom. The van der Waals surface area contributed by atoms with Crippen molar-refractivity contribution in [2.45, 2.75) is 25.3 Å². The molecule has 1 aromatic carbocycles. The van der Waals surface area contributed by atoms with Gasteiger partial charge in [0.25, 0.3) is 0 Å². The van der Waals surface area contributed by atoms with Gasteiger partial charge in [-0.2, -0.15) is 0 Å². The Morgan fingerprint density at radius 2 is 2.11 bits per heavy atom. The summed E-state index contributed by atoms with van der Waals surface area (Å²) in [4.78, 5) is 13.9. The van der Waals surface area contributed by atoms with Crippen LogP contribution in [0.5, 0.6) is 0 Å². The van der Waals surface area contributed by atoms with Gasteiger partial charge in [0.2, 0.25) is 0 Å². The summed E-state index contributed by atoms with van der Waals surface area (Å²) in [6.45, 7) is 1.74. The van der Waals surface area contributed by atoms with Crippen LogP contribution in [-0.4, -0.2) is 19.1 Å². The minimum Gasteiger partial charge on any atom is -0.423 e. The molecule has 1 saturated heterocycles. The second-order valence-corrected chi connectivity index (χ2v) is 5.15. The maximum atomic E-state index is 11.7. The molecule has 100 valence electrons. The first-order chi connectivity index (χ1) is 9.24. The lowest BCUT2D eigenvalue weighted by Crippen LogP contribution is -2.36. The van der Waals surface area contributed by atoms with E-state index in [1.54, 1.807) is 6.07 Å². The van der Waals surface area contributed by atoms with Gasteiger partial charge in [-0.1, -0.05) is 18.6 Å². The molecule has 19 heavy (non-hydrogen) atoms. The molecule has 2 aromatic rings. The third-order valence-electron chi connectivity index (χ3n) is 3.68. The summed E-state index contributed by atoms with van der Waals surface area (Å²) >= 11 is 0. The predicted molar refractivity (Wildman–Crippen MR) is 76.5 cm³/mol. The number of hydrogen-bond donors (Lipinski definition) is 1. The number of nitrogens with zero attached hydrogens (tertiary/aromatic N) is 1. The van der Waals surface area contributed by atoms with E-state index < -0.39 is 0 Å².